The number of benzene rings is 1. The van der Waals surface area contributed by atoms with Gasteiger partial charge < -0.3 is 9.84 Å². The smallest absolute Gasteiger partial charge is 0.328 e. The van der Waals surface area contributed by atoms with Gasteiger partial charge in [-0.05, 0) is 49.1 Å². The minimum atomic E-state index is -1.01. The number of hydrogen-bond acceptors (Lipinski definition) is 6. The SMILES string of the molecule is CC1(C)C(=O)CC1=N[C@@H](Cc1ccc(Oc2nccc3ccncc23)cc1)C(=O)O. The van der Waals surface area contributed by atoms with Gasteiger partial charge in [0, 0.05) is 37.1 Å². The predicted octanol–water partition coefficient (Wildman–Crippen LogP) is 3.86. The number of aliphatic imine (C=N–C) groups is 1. The topological polar surface area (TPSA) is 102 Å². The van der Waals surface area contributed by atoms with Crippen molar-refractivity contribution in [3.05, 3.63) is 60.6 Å². The number of aliphatic carboxylic acids is 1. The molecule has 0 spiro atoms. The van der Waals surface area contributed by atoms with Gasteiger partial charge in [0.25, 0.3) is 0 Å². The molecule has 4 rings (SSSR count). The molecule has 1 aromatic carbocycles. The van der Waals surface area contributed by atoms with E-state index >= 15 is 0 Å². The third-order valence-corrected chi connectivity index (χ3v) is 5.44. The molecule has 2 aromatic heterocycles. The maximum atomic E-state index is 11.7. The Kier molecular flexibility index (Phi) is 5.03. The fourth-order valence-electron chi connectivity index (χ4n) is 3.33. The lowest BCUT2D eigenvalue weighted by Crippen LogP contribution is -2.47. The number of Topliss-reactive ketones (excluding diaryl/α,β-unsaturated/α-hetero) is 1. The van der Waals surface area contributed by atoms with Gasteiger partial charge in [0.1, 0.15) is 11.5 Å². The summed E-state index contributed by atoms with van der Waals surface area (Å²) in [7, 11) is 0. The number of ketones is 1. The van der Waals surface area contributed by atoms with Crippen LogP contribution >= 0.6 is 0 Å². The molecule has 0 radical (unpaired) electrons. The maximum absolute atomic E-state index is 11.7. The molecule has 3 aromatic rings. The van der Waals surface area contributed by atoms with Crippen LogP contribution in [0.25, 0.3) is 10.8 Å². The molecule has 7 nitrogen and oxygen atoms in total. The molecule has 0 aliphatic heterocycles. The van der Waals surface area contributed by atoms with Gasteiger partial charge in [0.15, 0.2) is 6.04 Å². The number of rotatable bonds is 6. The summed E-state index contributed by atoms with van der Waals surface area (Å²) in [6.45, 7) is 3.55. The van der Waals surface area contributed by atoms with Crippen LogP contribution in [0.1, 0.15) is 25.8 Å². The van der Waals surface area contributed by atoms with E-state index in [1.54, 1.807) is 44.6 Å². The number of carboxylic acids is 1. The summed E-state index contributed by atoms with van der Waals surface area (Å²) in [5.41, 5.74) is 0.803. The van der Waals surface area contributed by atoms with E-state index in [1.807, 2.05) is 24.3 Å². The highest BCUT2D eigenvalue weighted by molar-refractivity contribution is 6.26. The summed E-state index contributed by atoms with van der Waals surface area (Å²) in [4.78, 5) is 36.1. The van der Waals surface area contributed by atoms with Gasteiger partial charge in [0.05, 0.1) is 10.8 Å². The van der Waals surface area contributed by atoms with E-state index in [0.29, 0.717) is 17.3 Å². The van der Waals surface area contributed by atoms with Gasteiger partial charge in [-0.3, -0.25) is 14.8 Å². The Hall–Kier alpha value is -3.61. The van der Waals surface area contributed by atoms with Crippen LogP contribution in [0, 0.1) is 5.41 Å². The van der Waals surface area contributed by atoms with E-state index in [-0.39, 0.29) is 18.6 Å². The predicted molar refractivity (Wildman–Crippen MR) is 112 cm³/mol. The lowest BCUT2D eigenvalue weighted by molar-refractivity contribution is -0.138. The van der Waals surface area contributed by atoms with Crippen LogP contribution in [-0.4, -0.2) is 38.6 Å². The lowest BCUT2D eigenvalue weighted by Gasteiger charge is -2.35. The largest absolute Gasteiger partial charge is 0.480 e. The molecule has 1 saturated carbocycles. The van der Waals surface area contributed by atoms with Crippen molar-refractivity contribution < 1.29 is 19.4 Å². The molecule has 2 heterocycles. The first-order valence-corrected chi connectivity index (χ1v) is 9.63. The standard InChI is InChI=1S/C23H21N3O4/c1-23(2)19(12-20(23)27)26-18(22(28)29)11-14-3-5-16(6-4-14)30-21-17-13-24-9-7-15(17)8-10-25-21/h3-10,13,18H,11-12H2,1-2H3,(H,28,29)/t18-/m0/s1. The third kappa shape index (κ3) is 3.78. The second-order valence-electron chi connectivity index (χ2n) is 7.82. The van der Waals surface area contributed by atoms with Crippen LogP contribution in [-0.2, 0) is 16.0 Å². The van der Waals surface area contributed by atoms with E-state index < -0.39 is 17.4 Å². The number of carbonyl (C=O) groups excluding carboxylic acids is 1. The Balaban J connectivity index is 1.49. The normalized spacial score (nSPS) is 17.5. The van der Waals surface area contributed by atoms with Crippen LogP contribution < -0.4 is 4.74 Å². The van der Waals surface area contributed by atoms with Crippen molar-refractivity contribution in [1.82, 2.24) is 9.97 Å². The van der Waals surface area contributed by atoms with Crippen molar-refractivity contribution in [3.8, 4) is 11.6 Å². The zero-order chi connectivity index (χ0) is 21.3. The Morgan fingerprint density at radius 1 is 1.20 bits per heavy atom. The molecule has 152 valence electrons. The molecule has 30 heavy (non-hydrogen) atoms. The number of hydrogen-bond donors (Lipinski definition) is 1. The van der Waals surface area contributed by atoms with Crippen molar-refractivity contribution in [2.45, 2.75) is 32.7 Å². The zero-order valence-corrected chi connectivity index (χ0v) is 16.7. The van der Waals surface area contributed by atoms with Crippen molar-refractivity contribution in [1.29, 1.82) is 0 Å². The Morgan fingerprint density at radius 3 is 2.60 bits per heavy atom. The van der Waals surface area contributed by atoms with E-state index in [4.69, 9.17) is 4.74 Å². The molecule has 0 bridgehead atoms. The quantitative estimate of drug-likeness (QED) is 0.671. The number of ether oxygens (including phenoxy) is 1. The van der Waals surface area contributed by atoms with E-state index in [0.717, 1.165) is 16.3 Å². The van der Waals surface area contributed by atoms with E-state index in [1.165, 1.54) is 0 Å². The second kappa shape index (κ2) is 7.67. The van der Waals surface area contributed by atoms with E-state index in [9.17, 15) is 14.7 Å². The first kappa shape index (κ1) is 19.7. The third-order valence-electron chi connectivity index (χ3n) is 5.44. The van der Waals surface area contributed by atoms with Crippen LogP contribution in [0.5, 0.6) is 11.6 Å². The summed E-state index contributed by atoms with van der Waals surface area (Å²) in [5, 5.41) is 11.3. The summed E-state index contributed by atoms with van der Waals surface area (Å²) in [6.07, 6.45) is 5.56. The fourth-order valence-corrected chi connectivity index (χ4v) is 3.33. The van der Waals surface area contributed by atoms with Gasteiger partial charge in [-0.1, -0.05) is 12.1 Å². The molecule has 1 aliphatic carbocycles. The average molecular weight is 403 g/mol. The molecule has 0 saturated heterocycles. The maximum Gasteiger partial charge on any atom is 0.328 e. The average Bonchev–Trinajstić information content (AvgIpc) is 2.74. The number of carboxylic acid groups (broad SMARTS) is 1. The Labute approximate surface area is 173 Å². The molecule has 1 N–H and O–H groups in total. The van der Waals surface area contributed by atoms with Gasteiger partial charge >= 0.3 is 5.97 Å². The Bertz CT molecular complexity index is 1150. The summed E-state index contributed by atoms with van der Waals surface area (Å²) >= 11 is 0. The van der Waals surface area contributed by atoms with E-state index in [2.05, 4.69) is 15.0 Å². The van der Waals surface area contributed by atoms with Crippen LogP contribution in [0.2, 0.25) is 0 Å². The molecule has 7 heteroatoms. The molecule has 0 unspecified atom stereocenters. The molecular formula is C23H21N3O4. The summed E-state index contributed by atoms with van der Waals surface area (Å²) in [5.74, 6) is 0.126. The fraction of sp³-hybridized carbons (Fsp3) is 0.261. The van der Waals surface area contributed by atoms with Crippen molar-refractivity contribution in [2.75, 3.05) is 0 Å². The lowest BCUT2D eigenvalue weighted by atomic mass is 9.68. The molecular weight excluding hydrogens is 382 g/mol. The Morgan fingerprint density at radius 2 is 1.93 bits per heavy atom. The highest BCUT2D eigenvalue weighted by Crippen LogP contribution is 2.34. The molecule has 1 fully saturated rings. The first-order valence-electron chi connectivity index (χ1n) is 9.63. The summed E-state index contributed by atoms with van der Waals surface area (Å²) < 4.78 is 5.90. The van der Waals surface area contributed by atoms with Crippen LogP contribution in [0.4, 0.5) is 0 Å². The summed E-state index contributed by atoms with van der Waals surface area (Å²) in [6, 6.07) is 10.0. The number of pyridine rings is 2. The second-order valence-corrected chi connectivity index (χ2v) is 7.82. The number of aromatic nitrogens is 2. The van der Waals surface area contributed by atoms with Crippen LogP contribution in [0.15, 0.2) is 60.0 Å². The molecule has 0 amide bonds. The van der Waals surface area contributed by atoms with Crippen molar-refractivity contribution in [3.63, 3.8) is 0 Å². The number of nitrogens with zero attached hydrogens (tertiary/aromatic N) is 3. The minimum Gasteiger partial charge on any atom is -0.480 e. The minimum absolute atomic E-state index is 0.0872. The number of fused-ring (bicyclic) bond motifs is 1. The highest BCUT2D eigenvalue weighted by Gasteiger charge is 2.44. The molecule has 1 aliphatic rings. The van der Waals surface area contributed by atoms with Gasteiger partial charge in [-0.2, -0.15) is 0 Å². The van der Waals surface area contributed by atoms with Crippen LogP contribution in [0.3, 0.4) is 0 Å². The van der Waals surface area contributed by atoms with Crippen molar-refractivity contribution in [2.24, 2.45) is 10.4 Å². The number of carbonyl (C=O) groups is 2. The monoisotopic (exact) mass is 403 g/mol. The van der Waals surface area contributed by atoms with Gasteiger partial charge in [-0.25, -0.2) is 9.78 Å². The highest BCUT2D eigenvalue weighted by atomic mass is 16.5. The first-order chi connectivity index (χ1) is 14.3. The van der Waals surface area contributed by atoms with Crippen molar-refractivity contribution >= 4 is 28.2 Å². The van der Waals surface area contributed by atoms with Gasteiger partial charge in [-0.15, -0.1) is 0 Å². The molecule has 1 atom stereocenters. The zero-order valence-electron chi connectivity index (χ0n) is 16.7. The van der Waals surface area contributed by atoms with Gasteiger partial charge in [0.2, 0.25) is 5.88 Å².